The van der Waals surface area contributed by atoms with E-state index < -0.39 is 6.10 Å². The van der Waals surface area contributed by atoms with Crippen LogP contribution in [0.1, 0.15) is 245 Å². The molecule has 376 valence electrons. The molecule has 6 heteroatoms. The van der Waals surface area contributed by atoms with E-state index in [0.717, 1.165) is 109 Å². The zero-order valence-corrected chi connectivity index (χ0v) is 42.9. The normalized spacial score (nSPS) is 12.8. The van der Waals surface area contributed by atoms with Crippen molar-refractivity contribution in [3.8, 4) is 0 Å². The lowest BCUT2D eigenvalue weighted by Gasteiger charge is -2.18. The Labute approximate surface area is 407 Å². The highest BCUT2D eigenvalue weighted by Gasteiger charge is 2.19. The van der Waals surface area contributed by atoms with Crippen molar-refractivity contribution in [2.75, 3.05) is 13.2 Å². The maximum Gasteiger partial charge on any atom is 0.306 e. The van der Waals surface area contributed by atoms with Gasteiger partial charge in [-0.15, -0.1) is 0 Å². The van der Waals surface area contributed by atoms with Crippen molar-refractivity contribution in [3.05, 3.63) is 97.2 Å². The summed E-state index contributed by atoms with van der Waals surface area (Å²) in [6.45, 7) is 6.42. The van der Waals surface area contributed by atoms with Crippen molar-refractivity contribution in [1.82, 2.24) is 0 Å². The van der Waals surface area contributed by atoms with Crippen molar-refractivity contribution >= 4 is 17.9 Å². The molecule has 0 heterocycles. The summed E-state index contributed by atoms with van der Waals surface area (Å²) < 4.78 is 16.8. The Kier molecular flexibility index (Phi) is 50.9. The van der Waals surface area contributed by atoms with Crippen molar-refractivity contribution in [2.45, 2.75) is 252 Å². The van der Waals surface area contributed by atoms with Crippen LogP contribution >= 0.6 is 0 Å². The van der Waals surface area contributed by atoms with Crippen molar-refractivity contribution < 1.29 is 28.6 Å². The molecule has 0 spiro atoms. The summed E-state index contributed by atoms with van der Waals surface area (Å²) in [5.74, 6) is -0.944. The van der Waals surface area contributed by atoms with Crippen molar-refractivity contribution in [2.24, 2.45) is 0 Å². The van der Waals surface area contributed by atoms with Crippen LogP contribution in [0.3, 0.4) is 0 Å². The van der Waals surface area contributed by atoms with Crippen LogP contribution in [-0.2, 0) is 28.6 Å². The smallest absolute Gasteiger partial charge is 0.306 e. The van der Waals surface area contributed by atoms with Gasteiger partial charge in [0.05, 0.1) is 0 Å². The molecule has 6 nitrogen and oxygen atoms in total. The Morgan fingerprint density at radius 3 is 1.00 bits per heavy atom. The number of carbonyl (C=O) groups is 3. The lowest BCUT2D eigenvalue weighted by Crippen LogP contribution is -2.30. The van der Waals surface area contributed by atoms with Crippen LogP contribution in [0.2, 0.25) is 0 Å². The molecule has 0 aliphatic rings. The topological polar surface area (TPSA) is 78.9 Å². The summed E-state index contributed by atoms with van der Waals surface area (Å²) >= 11 is 0. The van der Waals surface area contributed by atoms with E-state index >= 15 is 0 Å². The van der Waals surface area contributed by atoms with E-state index in [1.165, 1.54) is 96.3 Å². The van der Waals surface area contributed by atoms with Gasteiger partial charge < -0.3 is 14.2 Å². The highest BCUT2D eigenvalue weighted by molar-refractivity contribution is 5.71. The Morgan fingerprint density at radius 1 is 0.318 bits per heavy atom. The van der Waals surface area contributed by atoms with Crippen LogP contribution in [0.15, 0.2) is 97.2 Å². The zero-order valence-electron chi connectivity index (χ0n) is 42.9. The molecule has 0 aromatic heterocycles. The molecule has 0 aliphatic heterocycles. The van der Waals surface area contributed by atoms with Crippen molar-refractivity contribution in [3.63, 3.8) is 0 Å². The minimum Gasteiger partial charge on any atom is -0.462 e. The van der Waals surface area contributed by atoms with Crippen molar-refractivity contribution in [1.29, 1.82) is 0 Å². The predicted octanol–water partition coefficient (Wildman–Crippen LogP) is 18.1. The molecule has 1 atom stereocenters. The summed E-state index contributed by atoms with van der Waals surface area (Å²) in [7, 11) is 0. The fourth-order valence-electron chi connectivity index (χ4n) is 7.33. The minimum absolute atomic E-state index is 0.0986. The predicted molar refractivity (Wildman–Crippen MR) is 284 cm³/mol. The van der Waals surface area contributed by atoms with E-state index in [0.29, 0.717) is 19.3 Å². The van der Waals surface area contributed by atoms with Crippen LogP contribution in [0.5, 0.6) is 0 Å². The third kappa shape index (κ3) is 51.3. The Hall–Kier alpha value is -3.67. The van der Waals surface area contributed by atoms with Gasteiger partial charge in [0.2, 0.25) is 0 Å². The van der Waals surface area contributed by atoms with Gasteiger partial charge in [0, 0.05) is 19.3 Å². The summed E-state index contributed by atoms with van der Waals surface area (Å²) in [5, 5.41) is 0. The molecule has 0 fully saturated rings. The zero-order chi connectivity index (χ0) is 47.9. The van der Waals surface area contributed by atoms with Crippen LogP contribution in [0.25, 0.3) is 0 Å². The first-order chi connectivity index (χ1) is 32.5. The number of hydrogen-bond donors (Lipinski definition) is 0. The molecule has 0 aromatic carbocycles. The van der Waals surface area contributed by atoms with Gasteiger partial charge in [-0.05, 0) is 89.9 Å². The summed E-state index contributed by atoms with van der Waals surface area (Å²) in [4.78, 5) is 38.1. The largest absolute Gasteiger partial charge is 0.462 e. The molecule has 0 saturated heterocycles. The second kappa shape index (κ2) is 53.9. The molecule has 0 bridgehead atoms. The Balaban J connectivity index is 4.46. The van der Waals surface area contributed by atoms with Gasteiger partial charge in [-0.2, -0.15) is 0 Å². The molecule has 0 aliphatic carbocycles. The van der Waals surface area contributed by atoms with E-state index in [1.807, 2.05) is 0 Å². The molecule has 0 amide bonds. The van der Waals surface area contributed by atoms with Gasteiger partial charge in [0.15, 0.2) is 6.10 Å². The monoisotopic (exact) mass is 917 g/mol. The highest BCUT2D eigenvalue weighted by Crippen LogP contribution is 2.14. The first-order valence-electron chi connectivity index (χ1n) is 27.3. The standard InChI is InChI=1S/C60H100O6/c1-4-7-10-13-16-19-22-25-27-29-31-32-35-38-41-44-47-50-53-59(62)65-56-57(55-64-58(61)52-49-46-43-40-37-34-24-21-18-15-12-9-6-3)66-60(63)54-51-48-45-42-39-36-33-30-28-26-23-20-17-14-11-8-5-2/h9,12,15-16,18-19,21-22,24-29,31-32,57H,4-8,10-11,13-14,17,20,23,30,33-56H2,1-3H3/b12-9+,18-15+,19-16+,24-21+,25-22+,28-26+,29-27+,32-31+. The second-order valence-corrected chi connectivity index (χ2v) is 17.9. The molecule has 0 saturated carbocycles. The van der Waals surface area contributed by atoms with Gasteiger partial charge in [0.25, 0.3) is 0 Å². The molecule has 0 aromatic rings. The first kappa shape index (κ1) is 62.3. The number of hydrogen-bond acceptors (Lipinski definition) is 6. The fourth-order valence-corrected chi connectivity index (χ4v) is 7.33. The van der Waals surface area contributed by atoms with Gasteiger partial charge in [-0.3, -0.25) is 14.4 Å². The third-order valence-electron chi connectivity index (χ3n) is 11.4. The van der Waals surface area contributed by atoms with E-state index in [1.54, 1.807) is 0 Å². The van der Waals surface area contributed by atoms with Crippen LogP contribution in [0.4, 0.5) is 0 Å². The summed E-state index contributed by atoms with van der Waals surface area (Å²) in [5.41, 5.74) is 0. The maximum atomic E-state index is 12.8. The number of ether oxygens (including phenoxy) is 3. The second-order valence-electron chi connectivity index (χ2n) is 17.9. The van der Waals surface area contributed by atoms with E-state index in [2.05, 4.69) is 118 Å². The number of carbonyl (C=O) groups excluding carboxylic acids is 3. The van der Waals surface area contributed by atoms with Gasteiger partial charge in [-0.1, -0.05) is 234 Å². The molecular formula is C60H100O6. The number of allylic oxidation sites excluding steroid dienone is 16. The van der Waals surface area contributed by atoms with Crippen LogP contribution in [-0.4, -0.2) is 37.2 Å². The maximum absolute atomic E-state index is 12.8. The Morgan fingerprint density at radius 2 is 0.606 bits per heavy atom. The number of rotatable bonds is 48. The number of unbranched alkanes of at least 4 members (excludes halogenated alkanes) is 26. The lowest BCUT2D eigenvalue weighted by molar-refractivity contribution is -0.167. The van der Waals surface area contributed by atoms with Gasteiger partial charge in [-0.25, -0.2) is 0 Å². The average molecular weight is 917 g/mol. The van der Waals surface area contributed by atoms with Gasteiger partial charge >= 0.3 is 17.9 Å². The van der Waals surface area contributed by atoms with E-state index in [-0.39, 0.29) is 31.1 Å². The minimum atomic E-state index is -0.799. The third-order valence-corrected chi connectivity index (χ3v) is 11.4. The van der Waals surface area contributed by atoms with E-state index in [4.69, 9.17) is 14.2 Å². The summed E-state index contributed by atoms with van der Waals surface area (Å²) in [6.07, 6.45) is 71.0. The average Bonchev–Trinajstić information content (AvgIpc) is 3.31. The van der Waals surface area contributed by atoms with Crippen LogP contribution < -0.4 is 0 Å². The van der Waals surface area contributed by atoms with Crippen LogP contribution in [0, 0.1) is 0 Å². The fraction of sp³-hybridized carbons (Fsp3) is 0.683. The molecule has 0 N–H and O–H groups in total. The summed E-state index contributed by atoms with van der Waals surface area (Å²) in [6, 6.07) is 0. The SMILES string of the molecule is CC/C=C/C=C/C=C/CCCCCCCC(=O)OCC(COC(=O)CCCCCCC/C=C/C=C/C=C/C=C/CCCCC)OC(=O)CCCCCCCCC/C=C/CCCCCCCC. The molecule has 66 heavy (non-hydrogen) atoms. The molecule has 0 rings (SSSR count). The van der Waals surface area contributed by atoms with Gasteiger partial charge in [0.1, 0.15) is 13.2 Å². The molecule has 1 unspecified atom stereocenters. The first-order valence-corrected chi connectivity index (χ1v) is 27.3. The number of esters is 3. The molecule has 0 radical (unpaired) electrons. The lowest BCUT2D eigenvalue weighted by atomic mass is 10.1. The highest BCUT2D eigenvalue weighted by atomic mass is 16.6. The Bertz CT molecular complexity index is 1330. The van der Waals surface area contributed by atoms with E-state index in [9.17, 15) is 14.4 Å². The quantitative estimate of drug-likeness (QED) is 0.0199. The molecular weight excluding hydrogens is 817 g/mol.